The molecule has 3 rings (SSSR count). The molecule has 27 heavy (non-hydrogen) atoms. The summed E-state index contributed by atoms with van der Waals surface area (Å²) in [4.78, 5) is 17.4. The molecule has 1 aliphatic carbocycles. The molecule has 2 aromatic rings. The van der Waals surface area contributed by atoms with E-state index in [-0.39, 0.29) is 11.4 Å². The highest BCUT2D eigenvalue weighted by molar-refractivity contribution is 7.04. The Morgan fingerprint density at radius 1 is 1.33 bits per heavy atom. The number of halogens is 1. The Morgan fingerprint density at radius 2 is 2.04 bits per heavy atom. The van der Waals surface area contributed by atoms with Crippen molar-refractivity contribution in [2.75, 3.05) is 7.11 Å². The summed E-state index contributed by atoms with van der Waals surface area (Å²) in [6.07, 6.45) is 8.29. The van der Waals surface area contributed by atoms with Gasteiger partial charge in [0.25, 0.3) is 5.91 Å². The van der Waals surface area contributed by atoms with Gasteiger partial charge in [-0.15, -0.1) is 0 Å². The minimum atomic E-state index is -0.315. The van der Waals surface area contributed by atoms with Crippen molar-refractivity contribution in [2.45, 2.75) is 58.4 Å². The topological polar surface area (TPSA) is 43.6 Å². The van der Waals surface area contributed by atoms with Crippen LogP contribution in [-0.2, 0) is 12.0 Å². The maximum Gasteiger partial charge on any atom is 0.282 e. The number of carbonyl (C=O) groups is 1. The van der Waals surface area contributed by atoms with Crippen LogP contribution in [-0.4, -0.2) is 17.0 Å². The molecule has 1 aromatic carbocycles. The van der Waals surface area contributed by atoms with Crippen molar-refractivity contribution >= 4 is 29.0 Å². The lowest BCUT2D eigenvalue weighted by atomic mass is 10.00. The molecule has 1 aliphatic rings. The number of aromatic nitrogens is 1. The van der Waals surface area contributed by atoms with Crippen LogP contribution in [0.1, 0.15) is 62.4 Å². The zero-order valence-corrected chi connectivity index (χ0v) is 18.0. The summed E-state index contributed by atoms with van der Waals surface area (Å²) in [5.41, 5.74) is 1.52. The SMILES string of the molecule is COc1ccc(Cl)cc1C(=O)/N=c1\sn(C(C)(C)C)cc1CC1CCCC1. The summed E-state index contributed by atoms with van der Waals surface area (Å²) in [7, 11) is 1.55. The van der Waals surface area contributed by atoms with Crippen molar-refractivity contribution in [3.05, 3.63) is 45.2 Å². The van der Waals surface area contributed by atoms with Gasteiger partial charge in [0.1, 0.15) is 10.4 Å². The fourth-order valence-electron chi connectivity index (χ4n) is 3.46. The molecule has 0 radical (unpaired) electrons. The van der Waals surface area contributed by atoms with Crippen LogP contribution in [0.25, 0.3) is 0 Å². The summed E-state index contributed by atoms with van der Waals surface area (Å²) in [5, 5.41) is 0.497. The molecule has 146 valence electrons. The molecule has 0 N–H and O–H groups in total. The minimum Gasteiger partial charge on any atom is -0.496 e. The predicted octanol–water partition coefficient (Wildman–Crippen LogP) is 5.44. The number of nitrogens with zero attached hydrogens (tertiary/aromatic N) is 2. The van der Waals surface area contributed by atoms with Gasteiger partial charge in [-0.05, 0) is 62.8 Å². The molecule has 0 saturated heterocycles. The summed E-state index contributed by atoms with van der Waals surface area (Å²) in [5.74, 6) is 0.869. The molecular weight excluding hydrogens is 380 g/mol. The van der Waals surface area contributed by atoms with E-state index in [4.69, 9.17) is 16.3 Å². The first-order valence-electron chi connectivity index (χ1n) is 9.43. The Hall–Kier alpha value is -1.59. The first-order valence-corrected chi connectivity index (χ1v) is 10.6. The highest BCUT2D eigenvalue weighted by Crippen LogP contribution is 2.29. The van der Waals surface area contributed by atoms with Crippen LogP contribution in [0.4, 0.5) is 0 Å². The Kier molecular flexibility index (Phi) is 6.11. The van der Waals surface area contributed by atoms with Crippen molar-refractivity contribution < 1.29 is 9.53 Å². The summed E-state index contributed by atoms with van der Waals surface area (Å²) < 4.78 is 8.30. The van der Waals surface area contributed by atoms with Crippen molar-refractivity contribution in [1.29, 1.82) is 0 Å². The lowest BCUT2D eigenvalue weighted by molar-refractivity contribution is 0.0996. The molecule has 0 aliphatic heterocycles. The number of ether oxygens (including phenoxy) is 1. The Balaban J connectivity index is 2.02. The molecule has 1 fully saturated rings. The first-order chi connectivity index (χ1) is 12.8. The molecule has 1 heterocycles. The van der Waals surface area contributed by atoms with Gasteiger partial charge in [0.2, 0.25) is 0 Å². The monoisotopic (exact) mass is 406 g/mol. The van der Waals surface area contributed by atoms with Gasteiger partial charge >= 0.3 is 0 Å². The van der Waals surface area contributed by atoms with Crippen molar-refractivity contribution in [2.24, 2.45) is 10.9 Å². The third-order valence-corrected chi connectivity index (χ3v) is 6.58. The first kappa shape index (κ1) is 20.2. The lowest BCUT2D eigenvalue weighted by Crippen LogP contribution is -2.18. The highest BCUT2D eigenvalue weighted by atomic mass is 35.5. The third-order valence-electron chi connectivity index (χ3n) is 4.97. The molecule has 0 unspecified atom stereocenters. The lowest BCUT2D eigenvalue weighted by Gasteiger charge is -2.19. The van der Waals surface area contributed by atoms with E-state index >= 15 is 0 Å². The summed E-state index contributed by atoms with van der Waals surface area (Å²) in [6.45, 7) is 6.48. The van der Waals surface area contributed by atoms with E-state index in [1.807, 2.05) is 0 Å². The van der Waals surface area contributed by atoms with Crippen LogP contribution < -0.4 is 9.41 Å². The smallest absolute Gasteiger partial charge is 0.282 e. The van der Waals surface area contributed by atoms with E-state index in [0.29, 0.717) is 22.3 Å². The number of benzene rings is 1. The van der Waals surface area contributed by atoms with Crippen LogP contribution in [0.2, 0.25) is 5.02 Å². The molecule has 6 heteroatoms. The van der Waals surface area contributed by atoms with Gasteiger partial charge in [0, 0.05) is 22.3 Å². The Morgan fingerprint density at radius 3 is 2.67 bits per heavy atom. The quantitative estimate of drug-likeness (QED) is 0.678. The second kappa shape index (κ2) is 8.19. The molecule has 1 amide bonds. The van der Waals surface area contributed by atoms with E-state index in [1.54, 1.807) is 36.8 Å². The van der Waals surface area contributed by atoms with Gasteiger partial charge in [0.05, 0.1) is 12.7 Å². The largest absolute Gasteiger partial charge is 0.496 e. The van der Waals surface area contributed by atoms with Gasteiger partial charge in [-0.2, -0.15) is 4.99 Å². The van der Waals surface area contributed by atoms with Crippen LogP contribution in [0, 0.1) is 5.92 Å². The number of hydrogen-bond donors (Lipinski definition) is 0. The molecule has 4 nitrogen and oxygen atoms in total. The molecule has 0 bridgehead atoms. The molecule has 0 spiro atoms. The molecule has 0 atom stereocenters. The molecule has 1 aromatic heterocycles. The normalized spacial score (nSPS) is 16.1. The molecule has 1 saturated carbocycles. The number of amides is 1. The van der Waals surface area contributed by atoms with Gasteiger partial charge in [-0.1, -0.05) is 37.3 Å². The average molecular weight is 407 g/mol. The van der Waals surface area contributed by atoms with Crippen molar-refractivity contribution in [3.63, 3.8) is 0 Å². The Labute approximate surface area is 170 Å². The van der Waals surface area contributed by atoms with E-state index < -0.39 is 0 Å². The van der Waals surface area contributed by atoms with E-state index in [2.05, 4.69) is 35.9 Å². The van der Waals surface area contributed by atoms with Gasteiger partial charge in [-0.3, -0.25) is 8.75 Å². The number of rotatable bonds is 4. The van der Waals surface area contributed by atoms with E-state index in [9.17, 15) is 4.79 Å². The summed E-state index contributed by atoms with van der Waals surface area (Å²) in [6, 6.07) is 5.03. The number of methoxy groups -OCH3 is 1. The third kappa shape index (κ3) is 4.82. The van der Waals surface area contributed by atoms with E-state index in [0.717, 1.165) is 16.7 Å². The predicted molar refractivity (Wildman–Crippen MR) is 111 cm³/mol. The second-order valence-electron chi connectivity index (χ2n) is 8.16. The van der Waals surface area contributed by atoms with Gasteiger partial charge in [0.15, 0.2) is 0 Å². The van der Waals surface area contributed by atoms with Crippen LogP contribution in [0.3, 0.4) is 0 Å². The fraction of sp³-hybridized carbons (Fsp3) is 0.524. The summed E-state index contributed by atoms with van der Waals surface area (Å²) >= 11 is 7.62. The maximum absolute atomic E-state index is 12.9. The second-order valence-corrected chi connectivity index (χ2v) is 9.56. The van der Waals surface area contributed by atoms with Gasteiger partial charge in [-0.25, -0.2) is 0 Å². The maximum atomic E-state index is 12.9. The number of hydrogen-bond acceptors (Lipinski definition) is 3. The minimum absolute atomic E-state index is 0.0420. The van der Waals surface area contributed by atoms with Crippen molar-refractivity contribution in [3.8, 4) is 5.75 Å². The zero-order valence-electron chi connectivity index (χ0n) is 16.4. The highest BCUT2D eigenvalue weighted by Gasteiger charge is 2.21. The van der Waals surface area contributed by atoms with Crippen molar-refractivity contribution in [1.82, 2.24) is 3.96 Å². The Bertz CT molecular complexity index is 886. The standard InChI is InChI=1S/C21H27ClN2O2S/c1-21(2,3)24-13-15(11-14-7-5-6-8-14)20(27-24)23-19(25)17-12-16(22)9-10-18(17)26-4/h9-10,12-14H,5-8,11H2,1-4H3/b23-20-. The van der Waals surface area contributed by atoms with Gasteiger partial charge < -0.3 is 4.74 Å². The average Bonchev–Trinajstić information content (AvgIpc) is 3.25. The number of carbonyl (C=O) groups excluding carboxylic acids is 1. The molecular formula is C21H27ClN2O2S. The van der Waals surface area contributed by atoms with Crippen LogP contribution in [0.15, 0.2) is 29.4 Å². The fourth-order valence-corrected chi connectivity index (χ4v) is 4.65. The zero-order chi connectivity index (χ0) is 19.6. The van der Waals surface area contributed by atoms with Crippen LogP contribution in [0.5, 0.6) is 5.75 Å². The van der Waals surface area contributed by atoms with E-state index in [1.165, 1.54) is 25.7 Å². The van der Waals surface area contributed by atoms with Crippen LogP contribution >= 0.6 is 23.1 Å².